The largest absolute Gasteiger partial charge is 0.440 e. The van der Waals surface area contributed by atoms with Crippen LogP contribution >= 0.6 is 0 Å². The Hall–Kier alpha value is -2.15. The van der Waals surface area contributed by atoms with Crippen molar-refractivity contribution in [3.05, 3.63) is 42.0 Å². The molecule has 0 amide bonds. The Kier molecular flexibility index (Phi) is 2.68. The van der Waals surface area contributed by atoms with Gasteiger partial charge in [0.15, 0.2) is 0 Å². The van der Waals surface area contributed by atoms with Gasteiger partial charge in [0.05, 0.1) is 12.3 Å². The Morgan fingerprint density at radius 1 is 1.29 bits per heavy atom. The maximum atomic E-state index is 12.8. The van der Waals surface area contributed by atoms with Crippen molar-refractivity contribution in [2.24, 2.45) is 0 Å². The molecule has 1 heterocycles. The van der Waals surface area contributed by atoms with Crippen LogP contribution in [0.25, 0.3) is 11.5 Å². The summed E-state index contributed by atoms with van der Waals surface area (Å²) in [5.41, 5.74) is -0.0305. The molecular weight excluding hydrogens is 219 g/mol. The normalized spacial score (nSPS) is 11.2. The van der Waals surface area contributed by atoms with E-state index in [2.05, 4.69) is 11.1 Å². The van der Waals surface area contributed by atoms with Gasteiger partial charge in [0.25, 0.3) is 0 Å². The number of benzene rings is 1. The molecule has 17 heavy (non-hydrogen) atoms. The zero-order valence-electron chi connectivity index (χ0n) is 9.57. The van der Waals surface area contributed by atoms with Gasteiger partial charge in [-0.3, -0.25) is 0 Å². The van der Waals surface area contributed by atoms with Gasteiger partial charge >= 0.3 is 0 Å². The van der Waals surface area contributed by atoms with Crippen molar-refractivity contribution in [3.63, 3.8) is 0 Å². The Labute approximate surface area is 98.5 Å². The monoisotopic (exact) mass is 230 g/mol. The number of oxazole rings is 1. The van der Waals surface area contributed by atoms with Gasteiger partial charge in [-0.25, -0.2) is 9.37 Å². The summed E-state index contributed by atoms with van der Waals surface area (Å²) in [5.74, 6) is 0.584. The molecule has 0 aliphatic rings. The summed E-state index contributed by atoms with van der Waals surface area (Å²) in [7, 11) is 0. The van der Waals surface area contributed by atoms with E-state index in [1.807, 2.05) is 0 Å². The zero-order valence-corrected chi connectivity index (χ0v) is 9.57. The topological polar surface area (TPSA) is 49.8 Å². The summed E-state index contributed by atoms with van der Waals surface area (Å²) >= 11 is 0. The molecule has 2 aromatic rings. The fourth-order valence-corrected chi connectivity index (χ4v) is 1.34. The predicted molar refractivity (Wildman–Crippen MR) is 60.5 cm³/mol. The summed E-state index contributed by atoms with van der Waals surface area (Å²) in [6, 6.07) is 8.00. The maximum absolute atomic E-state index is 12.8. The van der Waals surface area contributed by atoms with E-state index in [1.165, 1.54) is 18.3 Å². The van der Waals surface area contributed by atoms with Crippen LogP contribution in [0.3, 0.4) is 0 Å². The molecule has 1 aromatic heterocycles. The highest BCUT2D eigenvalue weighted by molar-refractivity contribution is 5.53. The number of nitriles is 1. The second-order valence-corrected chi connectivity index (χ2v) is 4.27. The Balaban J connectivity index is 2.37. The lowest BCUT2D eigenvalue weighted by molar-refractivity contribution is 0.451. The van der Waals surface area contributed by atoms with E-state index in [-0.39, 0.29) is 5.82 Å². The van der Waals surface area contributed by atoms with Gasteiger partial charge in [-0.1, -0.05) is 0 Å². The van der Waals surface area contributed by atoms with Crippen LogP contribution in [0.15, 0.2) is 34.9 Å². The van der Waals surface area contributed by atoms with Gasteiger partial charge in [0.1, 0.15) is 17.0 Å². The molecule has 0 bridgehead atoms. The van der Waals surface area contributed by atoms with E-state index >= 15 is 0 Å². The Bertz CT molecular complexity index is 564. The highest BCUT2D eigenvalue weighted by Gasteiger charge is 2.25. The van der Waals surface area contributed by atoms with Gasteiger partial charge in [-0.15, -0.1) is 0 Å². The first-order valence-corrected chi connectivity index (χ1v) is 5.16. The molecular formula is C13H11FN2O. The number of hydrogen-bond acceptors (Lipinski definition) is 3. The van der Waals surface area contributed by atoms with Crippen LogP contribution in [0.4, 0.5) is 4.39 Å². The summed E-state index contributed by atoms with van der Waals surface area (Å²) in [5, 5.41) is 8.98. The first-order chi connectivity index (χ1) is 8.03. The quantitative estimate of drug-likeness (QED) is 0.795. The van der Waals surface area contributed by atoms with Gasteiger partial charge in [-0.2, -0.15) is 5.26 Å². The van der Waals surface area contributed by atoms with Crippen molar-refractivity contribution in [1.82, 2.24) is 4.98 Å². The second kappa shape index (κ2) is 4.02. The average Bonchev–Trinajstić information content (AvgIpc) is 2.80. The molecule has 0 spiro atoms. The maximum Gasteiger partial charge on any atom is 0.226 e. The van der Waals surface area contributed by atoms with E-state index in [0.29, 0.717) is 17.2 Å². The third kappa shape index (κ3) is 2.18. The molecule has 3 nitrogen and oxygen atoms in total. The third-order valence-electron chi connectivity index (χ3n) is 2.49. The van der Waals surface area contributed by atoms with Crippen molar-refractivity contribution in [2.45, 2.75) is 19.3 Å². The standard InChI is InChI=1S/C13H11FN2O/c1-13(2,8-15)11-7-16-12(17-11)9-3-5-10(14)6-4-9/h3-7H,1-2H3. The minimum Gasteiger partial charge on any atom is -0.440 e. The van der Waals surface area contributed by atoms with Crippen molar-refractivity contribution >= 4 is 0 Å². The van der Waals surface area contributed by atoms with Crippen molar-refractivity contribution < 1.29 is 8.81 Å². The summed E-state index contributed by atoms with van der Waals surface area (Å²) in [6.45, 7) is 3.50. The molecule has 0 radical (unpaired) electrons. The van der Waals surface area contributed by atoms with Crippen LogP contribution < -0.4 is 0 Å². The lowest BCUT2D eigenvalue weighted by atomic mass is 9.93. The smallest absolute Gasteiger partial charge is 0.226 e. The van der Waals surface area contributed by atoms with Crippen LogP contribution in [0.5, 0.6) is 0 Å². The molecule has 0 saturated heterocycles. The molecule has 0 unspecified atom stereocenters. The predicted octanol–water partition coefficient (Wildman–Crippen LogP) is 3.28. The molecule has 0 fully saturated rings. The van der Waals surface area contributed by atoms with Crippen molar-refractivity contribution in [1.29, 1.82) is 5.26 Å². The van der Waals surface area contributed by atoms with Gasteiger partial charge in [0, 0.05) is 5.56 Å². The minimum absolute atomic E-state index is 0.308. The van der Waals surface area contributed by atoms with E-state index in [1.54, 1.807) is 26.0 Å². The molecule has 0 N–H and O–H groups in total. The fourth-order valence-electron chi connectivity index (χ4n) is 1.34. The zero-order chi connectivity index (χ0) is 12.5. The number of hydrogen-bond donors (Lipinski definition) is 0. The summed E-state index contributed by atoms with van der Waals surface area (Å²) < 4.78 is 18.3. The Morgan fingerprint density at radius 2 is 1.94 bits per heavy atom. The Morgan fingerprint density at radius 3 is 2.53 bits per heavy atom. The van der Waals surface area contributed by atoms with Gasteiger partial charge in [-0.05, 0) is 38.1 Å². The number of nitrogens with zero attached hydrogens (tertiary/aromatic N) is 2. The van der Waals surface area contributed by atoms with Gasteiger partial charge < -0.3 is 4.42 Å². The highest BCUT2D eigenvalue weighted by Crippen LogP contribution is 2.27. The molecule has 0 aliphatic heterocycles. The number of aromatic nitrogens is 1. The SMILES string of the molecule is CC(C)(C#N)c1cnc(-c2ccc(F)cc2)o1. The van der Waals surface area contributed by atoms with Crippen LogP contribution in [0.2, 0.25) is 0 Å². The average molecular weight is 230 g/mol. The van der Waals surface area contributed by atoms with E-state index < -0.39 is 5.41 Å². The molecule has 0 saturated carbocycles. The summed E-state index contributed by atoms with van der Waals surface area (Å²) in [4.78, 5) is 4.09. The number of halogens is 1. The lowest BCUT2D eigenvalue weighted by Crippen LogP contribution is -2.12. The van der Waals surface area contributed by atoms with Crippen LogP contribution in [-0.4, -0.2) is 4.98 Å². The molecule has 0 aliphatic carbocycles. The fraction of sp³-hybridized carbons (Fsp3) is 0.231. The molecule has 2 rings (SSSR count). The number of rotatable bonds is 2. The van der Waals surface area contributed by atoms with E-state index in [9.17, 15) is 4.39 Å². The molecule has 0 atom stereocenters. The molecule has 86 valence electrons. The van der Waals surface area contributed by atoms with Crippen LogP contribution in [0.1, 0.15) is 19.6 Å². The molecule has 4 heteroatoms. The van der Waals surface area contributed by atoms with Crippen molar-refractivity contribution in [3.8, 4) is 17.5 Å². The van der Waals surface area contributed by atoms with Crippen molar-refractivity contribution in [2.75, 3.05) is 0 Å². The molecule has 1 aromatic carbocycles. The van der Waals surface area contributed by atoms with E-state index in [4.69, 9.17) is 9.68 Å². The lowest BCUT2D eigenvalue weighted by Gasteiger charge is -2.09. The van der Waals surface area contributed by atoms with E-state index in [0.717, 1.165) is 0 Å². The van der Waals surface area contributed by atoms with Crippen LogP contribution in [-0.2, 0) is 5.41 Å². The third-order valence-corrected chi connectivity index (χ3v) is 2.49. The highest BCUT2D eigenvalue weighted by atomic mass is 19.1. The first kappa shape index (κ1) is 11.3. The summed E-state index contributed by atoms with van der Waals surface area (Å²) in [6.07, 6.45) is 1.53. The first-order valence-electron chi connectivity index (χ1n) is 5.16. The van der Waals surface area contributed by atoms with Gasteiger partial charge in [0.2, 0.25) is 5.89 Å². The second-order valence-electron chi connectivity index (χ2n) is 4.27. The minimum atomic E-state index is -0.717. The van der Waals surface area contributed by atoms with Crippen LogP contribution in [0, 0.1) is 17.1 Å².